The largest absolute Gasteiger partial charge is 0.326 e. The van der Waals surface area contributed by atoms with Crippen molar-refractivity contribution in [2.45, 2.75) is 18.5 Å². The minimum absolute atomic E-state index is 0.281. The van der Waals surface area contributed by atoms with E-state index in [0.717, 1.165) is 13.0 Å². The highest BCUT2D eigenvalue weighted by Crippen LogP contribution is 2.37. The Bertz CT molecular complexity index is 495. The summed E-state index contributed by atoms with van der Waals surface area (Å²) in [5.74, 6) is 0. The molecule has 0 aliphatic carbocycles. The lowest BCUT2D eigenvalue weighted by atomic mass is 10.0. The van der Waals surface area contributed by atoms with Crippen molar-refractivity contribution < 1.29 is 0 Å². The fraction of sp³-hybridized carbons (Fsp3) is 0.385. The third kappa shape index (κ3) is 1.47. The molecule has 2 N–H and O–H groups in total. The number of hydrogen-bond acceptors (Lipinski definition) is 3. The van der Waals surface area contributed by atoms with Gasteiger partial charge in [0.2, 0.25) is 0 Å². The molecule has 16 heavy (non-hydrogen) atoms. The molecule has 2 atom stereocenters. The second-order valence-electron chi connectivity index (χ2n) is 4.57. The van der Waals surface area contributed by atoms with Crippen LogP contribution in [0.3, 0.4) is 0 Å². The molecule has 0 amide bonds. The molecule has 2 aromatic rings. The molecule has 3 heteroatoms. The minimum Gasteiger partial charge on any atom is -0.326 e. The summed E-state index contributed by atoms with van der Waals surface area (Å²) in [4.78, 5) is 2.37. The Balaban J connectivity index is 2.11. The molecule has 0 saturated carbocycles. The summed E-state index contributed by atoms with van der Waals surface area (Å²) in [6.07, 6.45) is 1.10. The molecular formula is C13H16N2S. The predicted molar refractivity (Wildman–Crippen MR) is 69.8 cm³/mol. The van der Waals surface area contributed by atoms with Crippen molar-refractivity contribution in [3.05, 3.63) is 35.2 Å². The van der Waals surface area contributed by atoms with Crippen LogP contribution in [-0.2, 0) is 0 Å². The van der Waals surface area contributed by atoms with Crippen LogP contribution in [0.4, 0.5) is 0 Å². The number of likely N-dealkylation sites (N-methyl/N-ethyl adjacent to an activating group) is 1. The number of likely N-dealkylation sites (tertiary alicyclic amines) is 1. The molecule has 0 radical (unpaired) electrons. The zero-order valence-electron chi connectivity index (χ0n) is 9.39. The van der Waals surface area contributed by atoms with E-state index in [1.807, 2.05) is 11.3 Å². The molecule has 0 spiro atoms. The molecule has 0 bridgehead atoms. The van der Waals surface area contributed by atoms with E-state index >= 15 is 0 Å². The summed E-state index contributed by atoms with van der Waals surface area (Å²) >= 11 is 1.82. The van der Waals surface area contributed by atoms with Gasteiger partial charge in [-0.2, -0.15) is 0 Å². The molecule has 1 aliphatic rings. The molecule has 84 valence electrons. The van der Waals surface area contributed by atoms with Crippen LogP contribution in [0.25, 0.3) is 10.1 Å². The van der Waals surface area contributed by atoms with Gasteiger partial charge in [-0.15, -0.1) is 11.3 Å². The molecule has 2 heterocycles. The molecule has 1 aromatic carbocycles. The third-order valence-corrected chi connectivity index (χ3v) is 4.51. The van der Waals surface area contributed by atoms with E-state index in [9.17, 15) is 0 Å². The Morgan fingerprint density at radius 2 is 2.19 bits per heavy atom. The van der Waals surface area contributed by atoms with E-state index in [0.29, 0.717) is 6.04 Å². The van der Waals surface area contributed by atoms with Gasteiger partial charge in [0.05, 0.1) is 6.04 Å². The SMILES string of the molecule is CN1CCC(N)C1c1csc2ccccc12. The Kier molecular flexibility index (Phi) is 2.46. The topological polar surface area (TPSA) is 29.3 Å². The van der Waals surface area contributed by atoms with Crippen LogP contribution in [0.2, 0.25) is 0 Å². The molecule has 1 saturated heterocycles. The van der Waals surface area contributed by atoms with Crippen molar-refractivity contribution in [3.8, 4) is 0 Å². The third-order valence-electron chi connectivity index (χ3n) is 3.53. The highest BCUT2D eigenvalue weighted by atomic mass is 32.1. The molecule has 3 rings (SSSR count). The van der Waals surface area contributed by atoms with E-state index in [1.54, 1.807) is 0 Å². The van der Waals surface area contributed by atoms with Gasteiger partial charge in [0, 0.05) is 17.3 Å². The van der Waals surface area contributed by atoms with E-state index in [4.69, 9.17) is 5.73 Å². The number of nitrogens with two attached hydrogens (primary N) is 1. The zero-order valence-corrected chi connectivity index (χ0v) is 10.2. The second kappa shape index (κ2) is 3.84. The maximum absolute atomic E-state index is 6.21. The standard InChI is InChI=1S/C13H16N2S/c1-15-7-6-11(14)13(15)10-8-16-12-5-3-2-4-9(10)12/h2-5,8,11,13H,6-7,14H2,1H3. The van der Waals surface area contributed by atoms with Crippen LogP contribution in [0.5, 0.6) is 0 Å². The fourth-order valence-electron chi connectivity index (χ4n) is 2.67. The van der Waals surface area contributed by atoms with Crippen molar-refractivity contribution in [2.75, 3.05) is 13.6 Å². The van der Waals surface area contributed by atoms with Crippen LogP contribution < -0.4 is 5.73 Å². The first-order chi connectivity index (χ1) is 7.77. The smallest absolute Gasteiger partial charge is 0.0511 e. The van der Waals surface area contributed by atoms with Crippen molar-refractivity contribution in [1.82, 2.24) is 4.90 Å². The number of nitrogens with zero attached hydrogens (tertiary/aromatic N) is 1. The van der Waals surface area contributed by atoms with Gasteiger partial charge in [0.15, 0.2) is 0 Å². The molecular weight excluding hydrogens is 216 g/mol. The van der Waals surface area contributed by atoms with Gasteiger partial charge in [0.25, 0.3) is 0 Å². The van der Waals surface area contributed by atoms with E-state index in [-0.39, 0.29) is 6.04 Å². The Labute approximate surface area is 99.7 Å². The van der Waals surface area contributed by atoms with Crippen molar-refractivity contribution in [3.63, 3.8) is 0 Å². The first kappa shape index (κ1) is 10.3. The van der Waals surface area contributed by atoms with Crippen LogP contribution in [-0.4, -0.2) is 24.5 Å². The lowest BCUT2D eigenvalue weighted by Gasteiger charge is -2.22. The lowest BCUT2D eigenvalue weighted by Crippen LogP contribution is -2.29. The zero-order chi connectivity index (χ0) is 11.1. The number of thiophene rings is 1. The van der Waals surface area contributed by atoms with Gasteiger partial charge in [-0.1, -0.05) is 18.2 Å². The number of rotatable bonds is 1. The summed E-state index contributed by atoms with van der Waals surface area (Å²) in [5.41, 5.74) is 7.62. The Morgan fingerprint density at radius 1 is 1.38 bits per heavy atom. The van der Waals surface area contributed by atoms with E-state index in [1.165, 1.54) is 15.6 Å². The average Bonchev–Trinajstić information content (AvgIpc) is 2.83. The van der Waals surface area contributed by atoms with E-state index in [2.05, 4.69) is 41.6 Å². The Hall–Kier alpha value is -0.900. The van der Waals surface area contributed by atoms with Crippen LogP contribution in [0, 0.1) is 0 Å². The molecule has 1 fully saturated rings. The monoisotopic (exact) mass is 232 g/mol. The maximum atomic E-state index is 6.21. The van der Waals surface area contributed by atoms with E-state index < -0.39 is 0 Å². The van der Waals surface area contributed by atoms with Gasteiger partial charge >= 0.3 is 0 Å². The minimum atomic E-state index is 0.281. The van der Waals surface area contributed by atoms with Crippen LogP contribution >= 0.6 is 11.3 Å². The molecule has 2 unspecified atom stereocenters. The van der Waals surface area contributed by atoms with Gasteiger partial charge < -0.3 is 5.73 Å². The predicted octanol–water partition coefficient (Wildman–Crippen LogP) is 2.61. The average molecular weight is 232 g/mol. The summed E-state index contributed by atoms with van der Waals surface area (Å²) < 4.78 is 1.37. The van der Waals surface area contributed by atoms with Crippen molar-refractivity contribution in [2.24, 2.45) is 5.73 Å². The number of hydrogen-bond donors (Lipinski definition) is 1. The normalized spacial score (nSPS) is 26.6. The van der Waals surface area contributed by atoms with Crippen molar-refractivity contribution >= 4 is 21.4 Å². The maximum Gasteiger partial charge on any atom is 0.0511 e. The lowest BCUT2D eigenvalue weighted by molar-refractivity contribution is 0.306. The molecule has 2 nitrogen and oxygen atoms in total. The molecule has 1 aliphatic heterocycles. The highest BCUT2D eigenvalue weighted by Gasteiger charge is 2.31. The van der Waals surface area contributed by atoms with Crippen molar-refractivity contribution in [1.29, 1.82) is 0 Å². The second-order valence-corrected chi connectivity index (χ2v) is 5.48. The number of fused-ring (bicyclic) bond motifs is 1. The Morgan fingerprint density at radius 3 is 2.94 bits per heavy atom. The van der Waals surface area contributed by atoms with Gasteiger partial charge in [0.1, 0.15) is 0 Å². The summed E-state index contributed by atoms with van der Waals surface area (Å²) in [7, 11) is 2.17. The van der Waals surface area contributed by atoms with Crippen LogP contribution in [0.15, 0.2) is 29.6 Å². The number of benzene rings is 1. The first-order valence-corrected chi connectivity index (χ1v) is 6.57. The summed E-state index contributed by atoms with van der Waals surface area (Å²) in [6.45, 7) is 1.11. The van der Waals surface area contributed by atoms with Gasteiger partial charge in [-0.3, -0.25) is 4.90 Å². The highest BCUT2D eigenvalue weighted by molar-refractivity contribution is 7.17. The van der Waals surface area contributed by atoms with Crippen LogP contribution in [0.1, 0.15) is 18.0 Å². The molecule has 1 aromatic heterocycles. The van der Waals surface area contributed by atoms with Gasteiger partial charge in [-0.05, 0) is 35.9 Å². The first-order valence-electron chi connectivity index (χ1n) is 5.69. The van der Waals surface area contributed by atoms with Gasteiger partial charge in [-0.25, -0.2) is 0 Å². The quantitative estimate of drug-likeness (QED) is 0.819. The fourth-order valence-corrected chi connectivity index (χ4v) is 3.66. The summed E-state index contributed by atoms with van der Waals surface area (Å²) in [5, 5.41) is 3.65. The summed E-state index contributed by atoms with van der Waals surface area (Å²) in [6, 6.07) is 9.28.